The maximum atomic E-state index is 5.05. The quantitative estimate of drug-likeness (QED) is 0.252. The molecule has 0 amide bonds. The van der Waals surface area contributed by atoms with Crippen LogP contribution in [0.5, 0.6) is 0 Å². The Hall–Kier alpha value is -0.180. The Labute approximate surface area is 54.5 Å². The van der Waals surface area contributed by atoms with E-state index in [1.807, 2.05) is 6.26 Å². The number of rotatable bonds is 1. The molecule has 0 aromatic carbocycles. The molecule has 0 aromatic heterocycles. The summed E-state index contributed by atoms with van der Waals surface area (Å²) in [6, 6.07) is 0. The average molecular weight is 132 g/mol. The van der Waals surface area contributed by atoms with Gasteiger partial charge in [-0.3, -0.25) is 0 Å². The lowest BCUT2D eigenvalue weighted by atomic mass is 10.2. The third kappa shape index (κ3) is 2.21. The van der Waals surface area contributed by atoms with Gasteiger partial charge in [0.2, 0.25) is 0 Å². The maximum absolute atomic E-state index is 5.05. The van der Waals surface area contributed by atoms with Crippen molar-refractivity contribution in [3.05, 3.63) is 0 Å². The predicted molar refractivity (Wildman–Crippen MR) is 40.0 cm³/mol. The Morgan fingerprint density at radius 3 is 2.12 bits per heavy atom. The standard InChI is InChI=1S/C5H12N2S/c1-4(2)5(7-6)8-3/h4H,6H2,1-3H3/b7-5+. The minimum absolute atomic E-state index is 0.468. The molecule has 0 radical (unpaired) electrons. The van der Waals surface area contributed by atoms with Crippen molar-refractivity contribution in [3.8, 4) is 0 Å². The number of nitrogens with zero attached hydrogens (tertiary/aromatic N) is 1. The van der Waals surface area contributed by atoms with Gasteiger partial charge in [-0.2, -0.15) is 5.10 Å². The zero-order chi connectivity index (χ0) is 6.57. The highest BCUT2D eigenvalue weighted by molar-refractivity contribution is 8.13. The fourth-order valence-electron chi connectivity index (χ4n) is 0.437. The normalized spacial score (nSPS) is 12.8. The smallest absolute Gasteiger partial charge is 0.0951 e. The average Bonchev–Trinajstić information content (AvgIpc) is 1.69. The second kappa shape index (κ2) is 3.78. The number of hydrogen-bond donors (Lipinski definition) is 1. The third-order valence-electron chi connectivity index (χ3n) is 0.830. The molecule has 0 fully saturated rings. The van der Waals surface area contributed by atoms with Crippen LogP contribution in [0.15, 0.2) is 5.10 Å². The van der Waals surface area contributed by atoms with E-state index in [9.17, 15) is 0 Å². The molecule has 48 valence electrons. The van der Waals surface area contributed by atoms with E-state index in [1.54, 1.807) is 11.8 Å². The van der Waals surface area contributed by atoms with Crippen LogP contribution in [0.4, 0.5) is 0 Å². The Morgan fingerprint density at radius 1 is 1.62 bits per heavy atom. The van der Waals surface area contributed by atoms with E-state index in [2.05, 4.69) is 18.9 Å². The second-order valence-corrected chi connectivity index (χ2v) is 2.65. The van der Waals surface area contributed by atoms with Crippen LogP contribution in [-0.2, 0) is 0 Å². The summed E-state index contributed by atoms with van der Waals surface area (Å²) in [5, 5.41) is 4.59. The van der Waals surface area contributed by atoms with Crippen molar-refractivity contribution >= 4 is 16.8 Å². The molecule has 0 unspecified atom stereocenters. The minimum Gasteiger partial charge on any atom is -0.323 e. The molecule has 0 aliphatic carbocycles. The summed E-state index contributed by atoms with van der Waals surface area (Å²) in [6.07, 6.45) is 1.98. The predicted octanol–water partition coefficient (Wildman–Crippen LogP) is 1.28. The first-order valence-electron chi connectivity index (χ1n) is 2.54. The highest BCUT2D eigenvalue weighted by Gasteiger charge is 2.00. The summed E-state index contributed by atoms with van der Waals surface area (Å²) in [7, 11) is 0. The van der Waals surface area contributed by atoms with Gasteiger partial charge in [0.15, 0.2) is 0 Å². The highest BCUT2D eigenvalue weighted by atomic mass is 32.2. The monoisotopic (exact) mass is 132 g/mol. The molecule has 0 aliphatic heterocycles. The fourth-order valence-corrected chi connectivity index (χ4v) is 1.01. The van der Waals surface area contributed by atoms with E-state index in [1.165, 1.54) is 0 Å². The molecule has 2 N–H and O–H groups in total. The molecule has 0 atom stereocenters. The van der Waals surface area contributed by atoms with Gasteiger partial charge in [-0.1, -0.05) is 13.8 Å². The van der Waals surface area contributed by atoms with Crippen LogP contribution in [0.25, 0.3) is 0 Å². The van der Waals surface area contributed by atoms with Crippen LogP contribution in [0.3, 0.4) is 0 Å². The molecule has 0 saturated heterocycles. The lowest BCUT2D eigenvalue weighted by molar-refractivity contribution is 0.893. The molecular formula is C5H12N2S. The lowest BCUT2D eigenvalue weighted by Crippen LogP contribution is -2.04. The minimum atomic E-state index is 0.468. The Kier molecular flexibility index (Phi) is 3.69. The largest absolute Gasteiger partial charge is 0.323 e. The van der Waals surface area contributed by atoms with Gasteiger partial charge in [0.25, 0.3) is 0 Å². The van der Waals surface area contributed by atoms with Gasteiger partial charge in [0, 0.05) is 5.92 Å². The van der Waals surface area contributed by atoms with Crippen molar-refractivity contribution in [1.82, 2.24) is 0 Å². The van der Waals surface area contributed by atoms with E-state index in [0.29, 0.717) is 5.92 Å². The zero-order valence-electron chi connectivity index (χ0n) is 5.51. The van der Waals surface area contributed by atoms with Crippen molar-refractivity contribution in [2.75, 3.05) is 6.26 Å². The van der Waals surface area contributed by atoms with Crippen LogP contribution in [0, 0.1) is 5.92 Å². The molecule has 0 bridgehead atoms. The van der Waals surface area contributed by atoms with Gasteiger partial charge in [0.1, 0.15) is 0 Å². The summed E-state index contributed by atoms with van der Waals surface area (Å²) in [4.78, 5) is 0. The van der Waals surface area contributed by atoms with Crippen LogP contribution in [0.1, 0.15) is 13.8 Å². The summed E-state index contributed by atoms with van der Waals surface area (Å²) < 4.78 is 0. The topological polar surface area (TPSA) is 38.4 Å². The highest BCUT2D eigenvalue weighted by Crippen LogP contribution is 2.06. The molecule has 0 saturated carbocycles. The number of hydrogen-bond acceptors (Lipinski definition) is 3. The molecule has 2 nitrogen and oxygen atoms in total. The Balaban J connectivity index is 3.72. The van der Waals surface area contributed by atoms with E-state index in [4.69, 9.17) is 5.84 Å². The van der Waals surface area contributed by atoms with Crippen molar-refractivity contribution in [2.24, 2.45) is 16.9 Å². The Morgan fingerprint density at radius 2 is 2.12 bits per heavy atom. The van der Waals surface area contributed by atoms with Crippen LogP contribution < -0.4 is 5.84 Å². The third-order valence-corrected chi connectivity index (χ3v) is 1.83. The van der Waals surface area contributed by atoms with Crippen molar-refractivity contribution in [2.45, 2.75) is 13.8 Å². The molecule has 0 heterocycles. The number of thioether (sulfide) groups is 1. The van der Waals surface area contributed by atoms with Crippen molar-refractivity contribution < 1.29 is 0 Å². The molecule has 0 rings (SSSR count). The van der Waals surface area contributed by atoms with E-state index in [-0.39, 0.29) is 0 Å². The van der Waals surface area contributed by atoms with Crippen LogP contribution >= 0.6 is 11.8 Å². The van der Waals surface area contributed by atoms with Gasteiger partial charge in [-0.25, -0.2) is 0 Å². The van der Waals surface area contributed by atoms with Crippen LogP contribution in [0.2, 0.25) is 0 Å². The fraction of sp³-hybridized carbons (Fsp3) is 0.800. The van der Waals surface area contributed by atoms with Crippen LogP contribution in [-0.4, -0.2) is 11.3 Å². The van der Waals surface area contributed by atoms with E-state index >= 15 is 0 Å². The zero-order valence-corrected chi connectivity index (χ0v) is 6.33. The summed E-state index contributed by atoms with van der Waals surface area (Å²) >= 11 is 1.60. The van der Waals surface area contributed by atoms with Gasteiger partial charge < -0.3 is 5.84 Å². The Bertz CT molecular complexity index is 88.4. The van der Waals surface area contributed by atoms with Gasteiger partial charge >= 0.3 is 0 Å². The molecule has 8 heavy (non-hydrogen) atoms. The molecule has 0 spiro atoms. The van der Waals surface area contributed by atoms with Crippen molar-refractivity contribution in [1.29, 1.82) is 0 Å². The van der Waals surface area contributed by atoms with Gasteiger partial charge in [-0.15, -0.1) is 11.8 Å². The molecule has 0 aliphatic rings. The summed E-state index contributed by atoms with van der Waals surface area (Å²) in [6.45, 7) is 4.14. The number of hydrazone groups is 1. The van der Waals surface area contributed by atoms with Crippen molar-refractivity contribution in [3.63, 3.8) is 0 Å². The van der Waals surface area contributed by atoms with E-state index < -0.39 is 0 Å². The molecule has 0 aromatic rings. The summed E-state index contributed by atoms with van der Waals surface area (Å²) in [5.41, 5.74) is 0. The second-order valence-electron chi connectivity index (χ2n) is 1.83. The molecular weight excluding hydrogens is 120 g/mol. The maximum Gasteiger partial charge on any atom is 0.0951 e. The molecule has 3 heteroatoms. The first kappa shape index (κ1) is 7.82. The van der Waals surface area contributed by atoms with Gasteiger partial charge in [-0.05, 0) is 6.26 Å². The first-order chi connectivity index (χ1) is 3.72. The lowest BCUT2D eigenvalue weighted by Gasteiger charge is -2.02. The van der Waals surface area contributed by atoms with E-state index in [0.717, 1.165) is 5.04 Å². The summed E-state index contributed by atoms with van der Waals surface area (Å²) in [5.74, 6) is 5.52. The number of nitrogens with two attached hydrogens (primary N) is 1. The van der Waals surface area contributed by atoms with Gasteiger partial charge in [0.05, 0.1) is 5.04 Å². The first-order valence-corrected chi connectivity index (χ1v) is 3.76. The SMILES string of the molecule is CS/C(=N/N)C(C)C.